The van der Waals surface area contributed by atoms with E-state index in [0.29, 0.717) is 16.9 Å². The van der Waals surface area contributed by atoms with Crippen molar-refractivity contribution in [2.45, 2.75) is 26.2 Å². The van der Waals surface area contributed by atoms with Crippen LogP contribution in [-0.2, 0) is 0 Å². The van der Waals surface area contributed by atoms with E-state index < -0.39 is 5.97 Å². The maximum atomic E-state index is 11.0. The molecule has 1 aliphatic heterocycles. The van der Waals surface area contributed by atoms with Gasteiger partial charge in [0, 0.05) is 13.1 Å². The third-order valence-electron chi connectivity index (χ3n) is 3.33. The van der Waals surface area contributed by atoms with Gasteiger partial charge >= 0.3 is 0 Å². The average Bonchev–Trinajstić information content (AvgIpc) is 2.80. The molecular weight excluding hydrogens is 248 g/mol. The van der Waals surface area contributed by atoms with Gasteiger partial charge in [-0.1, -0.05) is 5.16 Å². The number of nitrogens with zero attached hydrogens (tertiary/aromatic N) is 4. The van der Waals surface area contributed by atoms with Crippen LogP contribution >= 0.6 is 0 Å². The Hall–Kier alpha value is -2.18. The number of aryl methyl sites for hydroxylation is 1. The van der Waals surface area contributed by atoms with Crippen molar-refractivity contribution >= 4 is 22.9 Å². The van der Waals surface area contributed by atoms with E-state index in [4.69, 9.17) is 4.52 Å². The Balaban J connectivity index is 2.18. The highest BCUT2D eigenvalue weighted by Crippen LogP contribution is 2.28. The van der Waals surface area contributed by atoms with Crippen molar-refractivity contribution in [3.63, 3.8) is 0 Å². The van der Waals surface area contributed by atoms with E-state index in [0.717, 1.165) is 25.9 Å². The van der Waals surface area contributed by atoms with E-state index in [1.165, 1.54) is 6.42 Å². The highest BCUT2D eigenvalue weighted by molar-refractivity contribution is 5.92. The fourth-order valence-corrected chi connectivity index (χ4v) is 2.39. The monoisotopic (exact) mass is 261 g/mol. The van der Waals surface area contributed by atoms with Crippen LogP contribution < -0.4 is 10.0 Å². The van der Waals surface area contributed by atoms with Crippen molar-refractivity contribution in [2.24, 2.45) is 0 Å². The first-order chi connectivity index (χ1) is 9.16. The maximum absolute atomic E-state index is 11.0. The summed E-state index contributed by atoms with van der Waals surface area (Å²) >= 11 is 0. The minimum absolute atomic E-state index is 0.201. The van der Waals surface area contributed by atoms with Crippen LogP contribution in [0, 0.1) is 6.92 Å². The topological polar surface area (TPSA) is 95.2 Å². The van der Waals surface area contributed by atoms with Crippen LogP contribution in [0.2, 0.25) is 0 Å². The number of anilines is 1. The highest BCUT2D eigenvalue weighted by atomic mass is 16.5. The maximum Gasteiger partial charge on any atom is 0.263 e. The molecule has 0 N–H and O–H groups in total. The molecule has 19 heavy (non-hydrogen) atoms. The quantitative estimate of drug-likeness (QED) is 0.766. The van der Waals surface area contributed by atoms with Gasteiger partial charge < -0.3 is 19.3 Å². The Kier molecular flexibility index (Phi) is 2.81. The van der Waals surface area contributed by atoms with Crippen molar-refractivity contribution in [1.29, 1.82) is 0 Å². The molecule has 0 radical (unpaired) electrons. The van der Waals surface area contributed by atoms with Crippen LogP contribution in [0.5, 0.6) is 0 Å². The lowest BCUT2D eigenvalue weighted by Crippen LogP contribution is -2.32. The Morgan fingerprint density at radius 1 is 1.26 bits per heavy atom. The summed E-state index contributed by atoms with van der Waals surface area (Å²) in [5.41, 5.74) is 0.868. The lowest BCUT2D eigenvalue weighted by atomic mass is 10.1. The van der Waals surface area contributed by atoms with Gasteiger partial charge in [-0.25, -0.2) is 4.98 Å². The molecule has 1 fully saturated rings. The van der Waals surface area contributed by atoms with Gasteiger partial charge in [-0.3, -0.25) is 0 Å². The van der Waals surface area contributed by atoms with Crippen molar-refractivity contribution in [2.75, 3.05) is 18.0 Å². The van der Waals surface area contributed by atoms with Gasteiger partial charge in [-0.15, -0.1) is 0 Å². The SMILES string of the molecule is Cc1noc2nc(C(=O)[O-])nc(N3CCCCC3)c12. The third kappa shape index (κ3) is 2.00. The Labute approximate surface area is 109 Å². The van der Waals surface area contributed by atoms with Gasteiger partial charge in [0.1, 0.15) is 17.2 Å². The zero-order chi connectivity index (χ0) is 13.4. The number of hydrogen-bond acceptors (Lipinski definition) is 7. The van der Waals surface area contributed by atoms with E-state index in [9.17, 15) is 9.90 Å². The smallest absolute Gasteiger partial charge is 0.263 e. The number of carbonyl (C=O) groups is 1. The van der Waals surface area contributed by atoms with Crippen LogP contribution in [-0.4, -0.2) is 34.2 Å². The molecule has 100 valence electrons. The first-order valence-corrected chi connectivity index (χ1v) is 6.27. The Morgan fingerprint density at radius 3 is 2.68 bits per heavy atom. The zero-order valence-corrected chi connectivity index (χ0v) is 10.5. The lowest BCUT2D eigenvalue weighted by molar-refractivity contribution is -0.256. The Morgan fingerprint density at radius 2 is 2.00 bits per heavy atom. The molecular formula is C12H13N4O3-. The predicted molar refractivity (Wildman–Crippen MR) is 64.7 cm³/mol. The van der Waals surface area contributed by atoms with Crippen molar-refractivity contribution < 1.29 is 14.4 Å². The van der Waals surface area contributed by atoms with E-state index in [2.05, 4.69) is 20.0 Å². The fourth-order valence-electron chi connectivity index (χ4n) is 2.39. The first kappa shape index (κ1) is 11.9. The minimum atomic E-state index is -1.41. The molecule has 0 saturated carbocycles. The molecule has 1 saturated heterocycles. The number of rotatable bonds is 2. The number of aromatic carboxylic acids is 1. The molecule has 0 bridgehead atoms. The summed E-state index contributed by atoms with van der Waals surface area (Å²) in [6.07, 6.45) is 3.31. The minimum Gasteiger partial charge on any atom is -0.541 e. The molecule has 7 heteroatoms. The number of aromatic nitrogens is 3. The zero-order valence-electron chi connectivity index (χ0n) is 10.5. The number of fused-ring (bicyclic) bond motifs is 1. The molecule has 2 aromatic rings. The normalized spacial score (nSPS) is 15.9. The summed E-state index contributed by atoms with van der Waals surface area (Å²) in [6.45, 7) is 3.49. The summed E-state index contributed by atoms with van der Waals surface area (Å²) in [7, 11) is 0. The van der Waals surface area contributed by atoms with E-state index in [1.54, 1.807) is 6.92 Å². The van der Waals surface area contributed by atoms with Crippen LogP contribution in [0.1, 0.15) is 35.6 Å². The van der Waals surface area contributed by atoms with Crippen LogP contribution in [0.15, 0.2) is 4.52 Å². The number of carboxylic acid groups (broad SMARTS) is 1. The number of carbonyl (C=O) groups excluding carboxylic acids is 1. The lowest BCUT2D eigenvalue weighted by Gasteiger charge is -2.28. The summed E-state index contributed by atoms with van der Waals surface area (Å²) in [5, 5.41) is 15.5. The molecule has 1 aliphatic rings. The molecule has 7 nitrogen and oxygen atoms in total. The molecule has 0 spiro atoms. The third-order valence-corrected chi connectivity index (χ3v) is 3.33. The molecule has 3 heterocycles. The fraction of sp³-hybridized carbons (Fsp3) is 0.500. The highest BCUT2D eigenvalue weighted by Gasteiger charge is 2.21. The summed E-state index contributed by atoms with van der Waals surface area (Å²) in [5.74, 6) is -1.18. The molecule has 0 amide bonds. The molecule has 3 rings (SSSR count). The number of hydrogen-bond donors (Lipinski definition) is 0. The van der Waals surface area contributed by atoms with Gasteiger partial charge in [-0.05, 0) is 26.2 Å². The largest absolute Gasteiger partial charge is 0.541 e. The molecule has 0 unspecified atom stereocenters. The average molecular weight is 261 g/mol. The second-order valence-electron chi connectivity index (χ2n) is 4.65. The molecule has 0 aromatic carbocycles. The number of carboxylic acids is 1. The standard InChI is InChI=1S/C12H14N4O3/c1-7-8-10(16-5-3-2-4-6-16)13-9(12(17)18)14-11(8)19-15-7/h2-6H2,1H3,(H,17,18)/p-1. The van der Waals surface area contributed by atoms with E-state index in [1.807, 2.05) is 0 Å². The second-order valence-corrected chi connectivity index (χ2v) is 4.65. The molecule has 0 aliphatic carbocycles. The van der Waals surface area contributed by atoms with Crippen molar-refractivity contribution in [1.82, 2.24) is 15.1 Å². The van der Waals surface area contributed by atoms with Gasteiger partial charge in [0.15, 0.2) is 5.82 Å². The van der Waals surface area contributed by atoms with Crippen LogP contribution in [0.25, 0.3) is 11.1 Å². The van der Waals surface area contributed by atoms with Crippen molar-refractivity contribution in [3.05, 3.63) is 11.5 Å². The van der Waals surface area contributed by atoms with E-state index in [-0.39, 0.29) is 11.5 Å². The van der Waals surface area contributed by atoms with Gasteiger partial charge in [0.25, 0.3) is 5.71 Å². The Bertz CT molecular complexity index is 631. The predicted octanol–water partition coefficient (Wildman–Crippen LogP) is 0.280. The molecule has 0 atom stereocenters. The van der Waals surface area contributed by atoms with E-state index >= 15 is 0 Å². The van der Waals surface area contributed by atoms with Gasteiger partial charge in [0.05, 0.1) is 5.69 Å². The van der Waals surface area contributed by atoms with Crippen LogP contribution in [0.4, 0.5) is 5.82 Å². The number of piperidine rings is 1. The summed E-state index contributed by atoms with van der Waals surface area (Å²) < 4.78 is 5.05. The summed E-state index contributed by atoms with van der Waals surface area (Å²) in [4.78, 5) is 21.0. The van der Waals surface area contributed by atoms with Gasteiger partial charge in [0.2, 0.25) is 0 Å². The summed E-state index contributed by atoms with van der Waals surface area (Å²) in [6, 6.07) is 0. The van der Waals surface area contributed by atoms with Crippen LogP contribution in [0.3, 0.4) is 0 Å². The second kappa shape index (κ2) is 4.49. The van der Waals surface area contributed by atoms with Crippen molar-refractivity contribution in [3.8, 4) is 0 Å². The van der Waals surface area contributed by atoms with Gasteiger partial charge in [-0.2, -0.15) is 4.98 Å². The molecule has 2 aromatic heterocycles. The first-order valence-electron chi connectivity index (χ1n) is 6.27.